The molecule has 0 unspecified atom stereocenters. The Hall–Kier alpha value is -2.11. The highest BCUT2D eigenvalue weighted by atomic mass is 16.4. The van der Waals surface area contributed by atoms with Crippen molar-refractivity contribution >= 4 is 18.1 Å². The molecule has 0 radical (unpaired) electrons. The van der Waals surface area contributed by atoms with E-state index in [1.165, 1.54) is 12.5 Å². The standard InChI is InChI=1S/C12H16N2O4/c15-11(6-2-1-3-7-12(16)17)14-13-9-10-5-4-8-18-10/h4-5,8-9H,1-3,6-7H2,(H,14,15)(H,16,17)/b13-9+. The SMILES string of the molecule is O=C(O)CCCCCC(=O)N/N=C/c1ccco1. The molecule has 0 fully saturated rings. The molecule has 0 atom stereocenters. The van der Waals surface area contributed by atoms with Gasteiger partial charge in [-0.05, 0) is 25.0 Å². The summed E-state index contributed by atoms with van der Waals surface area (Å²) >= 11 is 0. The van der Waals surface area contributed by atoms with Crippen molar-refractivity contribution in [2.45, 2.75) is 32.1 Å². The summed E-state index contributed by atoms with van der Waals surface area (Å²) in [5.74, 6) is -0.424. The number of nitrogens with one attached hydrogen (secondary N) is 1. The number of aliphatic carboxylic acids is 1. The molecule has 0 spiro atoms. The number of hydrazone groups is 1. The third-order valence-corrected chi connectivity index (χ3v) is 2.22. The molecule has 0 aliphatic rings. The van der Waals surface area contributed by atoms with Crippen LogP contribution in [0.5, 0.6) is 0 Å². The average Bonchev–Trinajstić information content (AvgIpc) is 2.81. The smallest absolute Gasteiger partial charge is 0.303 e. The monoisotopic (exact) mass is 252 g/mol. The van der Waals surface area contributed by atoms with Crippen LogP contribution in [0.4, 0.5) is 0 Å². The predicted octanol–water partition coefficient (Wildman–Crippen LogP) is 1.76. The summed E-state index contributed by atoms with van der Waals surface area (Å²) in [5, 5.41) is 12.1. The highest BCUT2D eigenvalue weighted by Gasteiger charge is 2.01. The fourth-order valence-corrected chi connectivity index (χ4v) is 1.33. The van der Waals surface area contributed by atoms with Gasteiger partial charge in [0.1, 0.15) is 5.76 Å². The average molecular weight is 252 g/mol. The lowest BCUT2D eigenvalue weighted by Gasteiger charge is -1.99. The minimum absolute atomic E-state index is 0.151. The van der Waals surface area contributed by atoms with Crippen LogP contribution in [0, 0.1) is 0 Å². The first-order valence-corrected chi connectivity index (χ1v) is 5.75. The first-order valence-electron chi connectivity index (χ1n) is 5.75. The number of carboxylic acids is 1. The lowest BCUT2D eigenvalue weighted by atomic mass is 10.1. The van der Waals surface area contributed by atoms with Gasteiger partial charge in [0, 0.05) is 12.8 Å². The lowest BCUT2D eigenvalue weighted by molar-refractivity contribution is -0.137. The number of furan rings is 1. The van der Waals surface area contributed by atoms with Gasteiger partial charge in [-0.3, -0.25) is 9.59 Å². The number of carbonyl (C=O) groups is 2. The predicted molar refractivity (Wildman–Crippen MR) is 65.2 cm³/mol. The molecular weight excluding hydrogens is 236 g/mol. The number of carboxylic acid groups (broad SMARTS) is 1. The third kappa shape index (κ3) is 6.47. The summed E-state index contributed by atoms with van der Waals surface area (Å²) < 4.78 is 4.99. The van der Waals surface area contributed by atoms with Crippen LogP contribution >= 0.6 is 0 Å². The van der Waals surface area contributed by atoms with Crippen molar-refractivity contribution < 1.29 is 19.1 Å². The van der Waals surface area contributed by atoms with E-state index in [9.17, 15) is 9.59 Å². The van der Waals surface area contributed by atoms with Crippen LogP contribution in [0.2, 0.25) is 0 Å². The molecule has 98 valence electrons. The Bertz CT molecular complexity index is 398. The van der Waals surface area contributed by atoms with E-state index in [0.717, 1.165) is 6.42 Å². The molecule has 0 aromatic carbocycles. The van der Waals surface area contributed by atoms with Gasteiger partial charge < -0.3 is 9.52 Å². The van der Waals surface area contributed by atoms with E-state index in [1.807, 2.05) is 0 Å². The maximum absolute atomic E-state index is 11.3. The number of unbranched alkanes of at least 4 members (excludes halogenated alkanes) is 2. The first-order chi connectivity index (χ1) is 8.68. The van der Waals surface area contributed by atoms with Gasteiger partial charge in [-0.15, -0.1) is 0 Å². The molecule has 1 aromatic rings. The van der Waals surface area contributed by atoms with Gasteiger partial charge in [0.25, 0.3) is 0 Å². The zero-order valence-electron chi connectivity index (χ0n) is 9.96. The van der Waals surface area contributed by atoms with E-state index in [2.05, 4.69) is 10.5 Å². The molecule has 0 saturated heterocycles. The molecule has 1 aromatic heterocycles. The van der Waals surface area contributed by atoms with Crippen LogP contribution in [-0.4, -0.2) is 23.2 Å². The molecule has 0 saturated carbocycles. The fraction of sp³-hybridized carbons (Fsp3) is 0.417. The van der Waals surface area contributed by atoms with Crippen molar-refractivity contribution in [3.8, 4) is 0 Å². The van der Waals surface area contributed by atoms with Gasteiger partial charge in [-0.2, -0.15) is 5.10 Å². The summed E-state index contributed by atoms with van der Waals surface area (Å²) in [4.78, 5) is 21.5. The van der Waals surface area contributed by atoms with Crippen molar-refractivity contribution in [2.24, 2.45) is 5.10 Å². The molecule has 1 amide bonds. The highest BCUT2D eigenvalue weighted by Crippen LogP contribution is 2.02. The van der Waals surface area contributed by atoms with Crippen LogP contribution in [0.3, 0.4) is 0 Å². The number of hydrogen-bond acceptors (Lipinski definition) is 4. The number of hydrogen-bond donors (Lipinski definition) is 2. The Morgan fingerprint density at radius 2 is 2.11 bits per heavy atom. The van der Waals surface area contributed by atoms with Gasteiger partial charge in [0.15, 0.2) is 0 Å². The van der Waals surface area contributed by atoms with Crippen LogP contribution in [0.1, 0.15) is 37.9 Å². The molecule has 0 aliphatic carbocycles. The minimum Gasteiger partial charge on any atom is -0.481 e. The molecule has 6 nitrogen and oxygen atoms in total. The lowest BCUT2D eigenvalue weighted by Crippen LogP contribution is -2.16. The van der Waals surface area contributed by atoms with Gasteiger partial charge in [-0.1, -0.05) is 6.42 Å². The maximum atomic E-state index is 11.3. The van der Waals surface area contributed by atoms with Crippen molar-refractivity contribution in [3.63, 3.8) is 0 Å². The van der Waals surface area contributed by atoms with Crippen molar-refractivity contribution in [1.82, 2.24) is 5.43 Å². The van der Waals surface area contributed by atoms with Crippen LogP contribution < -0.4 is 5.43 Å². The zero-order valence-corrected chi connectivity index (χ0v) is 9.96. The molecule has 0 bridgehead atoms. The Balaban J connectivity index is 2.05. The van der Waals surface area contributed by atoms with Crippen molar-refractivity contribution in [3.05, 3.63) is 24.2 Å². The van der Waals surface area contributed by atoms with Crippen molar-refractivity contribution in [2.75, 3.05) is 0 Å². The molecule has 6 heteroatoms. The quantitative estimate of drug-likeness (QED) is 0.419. The van der Waals surface area contributed by atoms with Gasteiger partial charge in [0.05, 0.1) is 12.5 Å². The number of nitrogens with zero attached hydrogens (tertiary/aromatic N) is 1. The highest BCUT2D eigenvalue weighted by molar-refractivity contribution is 5.80. The van der Waals surface area contributed by atoms with Gasteiger partial charge in [0.2, 0.25) is 5.91 Å². The van der Waals surface area contributed by atoms with Crippen LogP contribution in [0.25, 0.3) is 0 Å². The minimum atomic E-state index is -0.803. The van der Waals surface area contributed by atoms with Gasteiger partial charge >= 0.3 is 5.97 Å². The van der Waals surface area contributed by atoms with Gasteiger partial charge in [-0.25, -0.2) is 5.43 Å². The second-order valence-corrected chi connectivity index (χ2v) is 3.76. The molecular formula is C12H16N2O4. The number of amides is 1. The first kappa shape index (κ1) is 14.0. The summed E-state index contributed by atoms with van der Waals surface area (Å²) in [6, 6.07) is 3.45. The summed E-state index contributed by atoms with van der Waals surface area (Å²) in [6.07, 6.45) is 5.41. The largest absolute Gasteiger partial charge is 0.481 e. The second-order valence-electron chi connectivity index (χ2n) is 3.76. The molecule has 18 heavy (non-hydrogen) atoms. The Kier molecular flexibility index (Phi) is 6.24. The van der Waals surface area contributed by atoms with Crippen molar-refractivity contribution in [1.29, 1.82) is 0 Å². The second kappa shape index (κ2) is 8.05. The van der Waals surface area contributed by atoms with E-state index in [0.29, 0.717) is 25.0 Å². The topological polar surface area (TPSA) is 91.9 Å². The zero-order chi connectivity index (χ0) is 13.2. The van der Waals surface area contributed by atoms with E-state index in [4.69, 9.17) is 9.52 Å². The Morgan fingerprint density at radius 1 is 1.33 bits per heavy atom. The van der Waals surface area contributed by atoms with Crippen LogP contribution in [-0.2, 0) is 9.59 Å². The Morgan fingerprint density at radius 3 is 2.78 bits per heavy atom. The molecule has 1 rings (SSSR count). The number of carbonyl (C=O) groups excluding carboxylic acids is 1. The normalized spacial score (nSPS) is 10.7. The number of rotatable bonds is 8. The molecule has 0 aliphatic heterocycles. The summed E-state index contributed by atoms with van der Waals surface area (Å²) in [7, 11) is 0. The van der Waals surface area contributed by atoms with E-state index >= 15 is 0 Å². The fourth-order valence-electron chi connectivity index (χ4n) is 1.33. The van der Waals surface area contributed by atoms with E-state index < -0.39 is 5.97 Å². The van der Waals surface area contributed by atoms with Crippen LogP contribution in [0.15, 0.2) is 27.9 Å². The third-order valence-electron chi connectivity index (χ3n) is 2.22. The Labute approximate surface area is 105 Å². The molecule has 2 N–H and O–H groups in total. The van der Waals surface area contributed by atoms with E-state index in [1.54, 1.807) is 12.1 Å². The maximum Gasteiger partial charge on any atom is 0.303 e. The summed E-state index contributed by atoms with van der Waals surface area (Å²) in [5.41, 5.74) is 2.37. The molecule has 1 heterocycles. The summed E-state index contributed by atoms with van der Waals surface area (Å²) in [6.45, 7) is 0. The van der Waals surface area contributed by atoms with E-state index in [-0.39, 0.29) is 12.3 Å².